The van der Waals surface area contributed by atoms with Crippen LogP contribution in [0.5, 0.6) is 0 Å². The Hall–Kier alpha value is -3.66. The van der Waals surface area contributed by atoms with Crippen LogP contribution in [0.25, 0.3) is 11.2 Å². The molecule has 2 fully saturated rings. The minimum Gasteiger partial charge on any atom is -0.386 e. The van der Waals surface area contributed by atoms with Crippen LogP contribution in [0.3, 0.4) is 0 Å². The molecule has 3 atom stereocenters. The first kappa shape index (κ1) is 21.6. The van der Waals surface area contributed by atoms with E-state index in [1.165, 1.54) is 17.3 Å². The molecule has 10 nitrogen and oxygen atoms in total. The van der Waals surface area contributed by atoms with E-state index in [9.17, 15) is 9.59 Å². The van der Waals surface area contributed by atoms with Crippen LogP contribution >= 0.6 is 0 Å². The van der Waals surface area contributed by atoms with E-state index in [0.717, 1.165) is 43.4 Å². The number of hydrogen-bond acceptors (Lipinski definition) is 7. The van der Waals surface area contributed by atoms with Gasteiger partial charge < -0.3 is 25.3 Å². The molecule has 0 aromatic carbocycles. The molecule has 186 valence electrons. The zero-order chi connectivity index (χ0) is 24.4. The molecule has 7 rings (SSSR count). The Morgan fingerprint density at radius 2 is 2.08 bits per heavy atom. The zero-order valence-corrected chi connectivity index (χ0v) is 20.2. The quantitative estimate of drug-likeness (QED) is 0.473. The number of nitrogens with zero attached hydrogens (tertiary/aromatic N) is 4. The van der Waals surface area contributed by atoms with E-state index in [4.69, 9.17) is 9.72 Å². The van der Waals surface area contributed by atoms with Gasteiger partial charge in [-0.25, -0.2) is 19.3 Å². The normalized spacial score (nSPS) is 26.0. The molecule has 3 aromatic rings. The number of hydrogen-bond donors (Lipinski definition) is 3. The van der Waals surface area contributed by atoms with Gasteiger partial charge in [0, 0.05) is 30.8 Å². The van der Waals surface area contributed by atoms with Gasteiger partial charge in [-0.3, -0.25) is 4.79 Å². The van der Waals surface area contributed by atoms with Crippen molar-refractivity contribution < 1.29 is 9.53 Å². The molecular formula is C26H29N7O3. The fraction of sp³-hybridized carbons (Fsp3) is 0.462. The Kier molecular flexibility index (Phi) is 4.76. The van der Waals surface area contributed by atoms with Gasteiger partial charge in [-0.1, -0.05) is 18.6 Å². The molecule has 2 saturated carbocycles. The fourth-order valence-corrected chi connectivity index (χ4v) is 5.87. The smallest absolute Gasteiger partial charge is 0.328 e. The summed E-state index contributed by atoms with van der Waals surface area (Å²) in [6.07, 6.45) is 13.9. The summed E-state index contributed by atoms with van der Waals surface area (Å²) in [7, 11) is 1.80. The molecule has 1 spiro atoms. The fourth-order valence-electron chi connectivity index (χ4n) is 5.87. The third-order valence-corrected chi connectivity index (χ3v) is 8.17. The molecule has 0 saturated heterocycles. The molecule has 0 unspecified atom stereocenters. The second-order valence-electron chi connectivity index (χ2n) is 10.5. The third-order valence-electron chi connectivity index (χ3n) is 8.17. The van der Waals surface area contributed by atoms with Crippen LogP contribution in [0, 0.1) is 5.41 Å². The lowest BCUT2D eigenvalue weighted by molar-refractivity contribution is -0.0325. The van der Waals surface area contributed by atoms with E-state index in [1.807, 2.05) is 22.9 Å². The first-order valence-electron chi connectivity index (χ1n) is 12.7. The van der Waals surface area contributed by atoms with E-state index in [-0.39, 0.29) is 35.2 Å². The Bertz CT molecular complexity index is 1470. The number of carbonyl (C=O) groups is 1. The molecular weight excluding hydrogens is 458 g/mol. The maximum atomic E-state index is 13.7. The van der Waals surface area contributed by atoms with E-state index in [2.05, 4.69) is 33.1 Å². The summed E-state index contributed by atoms with van der Waals surface area (Å²) in [5.74, 6) is 0.464. The highest BCUT2D eigenvalue weighted by Crippen LogP contribution is 2.51. The topological polar surface area (TPSA) is 115 Å². The van der Waals surface area contributed by atoms with E-state index >= 15 is 0 Å². The lowest BCUT2D eigenvalue weighted by Crippen LogP contribution is -2.52. The maximum absolute atomic E-state index is 13.7. The summed E-state index contributed by atoms with van der Waals surface area (Å²) in [4.78, 5) is 35.9. The monoisotopic (exact) mass is 487 g/mol. The predicted molar refractivity (Wildman–Crippen MR) is 136 cm³/mol. The van der Waals surface area contributed by atoms with Gasteiger partial charge in [0.05, 0.1) is 24.4 Å². The highest BCUT2D eigenvalue weighted by atomic mass is 16.5. The van der Waals surface area contributed by atoms with Gasteiger partial charge in [-0.2, -0.15) is 0 Å². The molecule has 0 radical (unpaired) electrons. The number of amides is 1. The highest BCUT2D eigenvalue weighted by molar-refractivity contribution is 5.94. The Morgan fingerprint density at radius 1 is 1.19 bits per heavy atom. The number of carbonyl (C=O) groups excluding carboxylic acids is 1. The molecule has 3 N–H and O–H groups in total. The molecule has 4 heterocycles. The van der Waals surface area contributed by atoms with Gasteiger partial charge >= 0.3 is 6.03 Å². The van der Waals surface area contributed by atoms with Gasteiger partial charge in [-0.05, 0) is 43.7 Å². The number of allylic oxidation sites excluding steroid dienone is 2. The molecule has 3 aromatic heterocycles. The number of imidazole rings is 1. The van der Waals surface area contributed by atoms with Crippen LogP contribution in [-0.4, -0.2) is 44.3 Å². The van der Waals surface area contributed by atoms with E-state index in [0.29, 0.717) is 29.3 Å². The largest absolute Gasteiger partial charge is 0.386 e. The standard InChI is InChI=1S/C26H29N7O3/c1-27-18-10-21-29-19-9-15(12-32(24(19)34)16-3-2-6-26(11-16)7-8-26)13-36-20-5-4-17(20)30-25(35)33-14-28-22(18)23(33)31-21/h7-10,12,14,16-17,20H,2-6,11,13H2,1H3,(H,30,35)(H2,27,29,31)/t16-,17+,20+/m0/s1. The number of anilines is 3. The second kappa shape index (κ2) is 7.92. The van der Waals surface area contributed by atoms with Crippen molar-refractivity contribution in [2.45, 2.75) is 63.3 Å². The SMILES string of the molecule is CNc1cc2nc3c1ncn3C(=O)N[C@@H]1CC[C@H]1OCc1cc(c(=O)n([C@H]3CCCC4(C=C4)C3)c1)N2. The van der Waals surface area contributed by atoms with Crippen LogP contribution < -0.4 is 21.5 Å². The van der Waals surface area contributed by atoms with Crippen molar-refractivity contribution in [1.29, 1.82) is 0 Å². The van der Waals surface area contributed by atoms with Gasteiger partial charge in [0.1, 0.15) is 23.3 Å². The summed E-state index contributed by atoms with van der Waals surface area (Å²) in [5, 5.41) is 9.46. The summed E-state index contributed by atoms with van der Waals surface area (Å²) >= 11 is 0. The second-order valence-corrected chi connectivity index (χ2v) is 10.5. The molecule has 4 aliphatic rings. The van der Waals surface area contributed by atoms with Gasteiger partial charge in [0.2, 0.25) is 0 Å². The van der Waals surface area contributed by atoms with Crippen LogP contribution in [0.1, 0.15) is 50.1 Å². The predicted octanol–water partition coefficient (Wildman–Crippen LogP) is 3.67. The van der Waals surface area contributed by atoms with Crippen molar-refractivity contribution in [2.75, 3.05) is 17.7 Å². The number of nitrogens with one attached hydrogen (secondary N) is 3. The highest BCUT2D eigenvalue weighted by Gasteiger charge is 2.40. The van der Waals surface area contributed by atoms with Gasteiger partial charge in [-0.15, -0.1) is 0 Å². The Balaban J connectivity index is 1.35. The first-order chi connectivity index (χ1) is 17.5. The minimum absolute atomic E-state index is 0.0748. The maximum Gasteiger partial charge on any atom is 0.328 e. The van der Waals surface area contributed by atoms with E-state index in [1.54, 1.807) is 7.05 Å². The lowest BCUT2D eigenvalue weighted by Gasteiger charge is -2.37. The Labute approximate surface area is 207 Å². The molecule has 3 aliphatic carbocycles. The Morgan fingerprint density at radius 3 is 2.86 bits per heavy atom. The molecule has 10 heteroatoms. The number of ether oxygens (including phenoxy) is 1. The molecule has 36 heavy (non-hydrogen) atoms. The van der Waals surface area contributed by atoms with Crippen LogP contribution in [0.4, 0.5) is 22.0 Å². The van der Waals surface area contributed by atoms with Crippen molar-refractivity contribution in [3.63, 3.8) is 0 Å². The van der Waals surface area contributed by atoms with Crippen molar-refractivity contribution in [1.82, 2.24) is 24.4 Å². The van der Waals surface area contributed by atoms with Gasteiger partial charge in [0.15, 0.2) is 5.65 Å². The van der Waals surface area contributed by atoms with Crippen LogP contribution in [0.2, 0.25) is 0 Å². The number of aromatic nitrogens is 4. The zero-order valence-electron chi connectivity index (χ0n) is 20.2. The summed E-state index contributed by atoms with van der Waals surface area (Å²) in [6, 6.07) is 3.45. The van der Waals surface area contributed by atoms with Crippen molar-refractivity contribution >= 4 is 34.4 Å². The van der Waals surface area contributed by atoms with Crippen LogP contribution in [0.15, 0.2) is 41.6 Å². The average molecular weight is 488 g/mol. The molecule has 1 amide bonds. The van der Waals surface area contributed by atoms with E-state index < -0.39 is 0 Å². The van der Waals surface area contributed by atoms with Crippen LogP contribution in [-0.2, 0) is 11.3 Å². The van der Waals surface area contributed by atoms with Crippen molar-refractivity contribution in [2.24, 2.45) is 5.41 Å². The number of rotatable bonds is 2. The minimum atomic E-state index is -0.291. The molecule has 1 aliphatic heterocycles. The summed E-state index contributed by atoms with van der Waals surface area (Å²) in [6.45, 7) is 0.368. The third kappa shape index (κ3) is 3.50. The number of pyridine rings is 2. The lowest BCUT2D eigenvalue weighted by atomic mass is 9.81. The first-order valence-corrected chi connectivity index (χ1v) is 12.7. The average Bonchev–Trinajstić information content (AvgIpc) is 3.46. The summed E-state index contributed by atoms with van der Waals surface area (Å²) in [5.41, 5.74) is 3.22. The molecule has 4 bridgehead atoms. The van der Waals surface area contributed by atoms with Crippen molar-refractivity contribution in [3.05, 3.63) is 52.7 Å². The summed E-state index contributed by atoms with van der Waals surface area (Å²) < 4.78 is 9.55. The van der Waals surface area contributed by atoms with Crippen molar-refractivity contribution in [3.8, 4) is 0 Å². The van der Waals surface area contributed by atoms with Gasteiger partial charge in [0.25, 0.3) is 5.56 Å². The number of fused-ring (bicyclic) bond motifs is 4.